The highest BCUT2D eigenvalue weighted by Gasteiger charge is 2.18. The zero-order chi connectivity index (χ0) is 30.9. The monoisotopic (exact) mass is 637 g/mol. The second-order valence-corrected chi connectivity index (χ2v) is 13.5. The standard InChI is InChI=1S/C40H23N5S2/c1-3-10-25(11-4-1)37-42-38(26-12-5-2-6-13-26)44-39(43-37)27-20-18-24(19-21-27)28-14-9-15-29-30-22-23-33-36(35(30)46-34(28)29)47-40-41-31-16-7-8-17-32(31)45(33)40/h1-23H. The third-order valence-corrected chi connectivity index (χ3v) is 11.2. The first-order valence-electron chi connectivity index (χ1n) is 15.4. The Morgan fingerprint density at radius 2 is 0.979 bits per heavy atom. The van der Waals surface area contributed by atoms with E-state index in [1.807, 2.05) is 78.1 Å². The highest BCUT2D eigenvalue weighted by atomic mass is 32.1. The average molecular weight is 638 g/mol. The van der Waals surface area contributed by atoms with E-state index in [1.165, 1.54) is 36.0 Å². The summed E-state index contributed by atoms with van der Waals surface area (Å²) in [5.74, 6) is 1.98. The Kier molecular flexibility index (Phi) is 5.85. The van der Waals surface area contributed by atoms with Crippen LogP contribution in [0.25, 0.3) is 91.7 Å². The minimum absolute atomic E-state index is 0.655. The molecular weight excluding hydrogens is 615 g/mol. The van der Waals surface area contributed by atoms with E-state index in [4.69, 9.17) is 19.9 Å². The first-order chi connectivity index (χ1) is 23.3. The smallest absolute Gasteiger partial charge is 0.195 e. The van der Waals surface area contributed by atoms with Gasteiger partial charge >= 0.3 is 0 Å². The number of aromatic nitrogens is 5. The van der Waals surface area contributed by atoms with Crippen molar-refractivity contribution in [1.29, 1.82) is 0 Å². The van der Waals surface area contributed by atoms with Crippen LogP contribution in [0.5, 0.6) is 0 Å². The molecule has 220 valence electrons. The van der Waals surface area contributed by atoms with Crippen LogP contribution in [0.4, 0.5) is 0 Å². The van der Waals surface area contributed by atoms with E-state index in [0.717, 1.165) is 38.2 Å². The molecule has 0 unspecified atom stereocenters. The number of hydrogen-bond acceptors (Lipinski definition) is 6. The Morgan fingerprint density at radius 1 is 0.383 bits per heavy atom. The van der Waals surface area contributed by atoms with Crippen LogP contribution in [0.2, 0.25) is 0 Å². The van der Waals surface area contributed by atoms with Gasteiger partial charge in [-0.2, -0.15) is 0 Å². The number of rotatable bonds is 4. The second kappa shape index (κ2) is 10.4. The normalized spacial score (nSPS) is 11.8. The van der Waals surface area contributed by atoms with Crippen molar-refractivity contribution in [2.45, 2.75) is 0 Å². The van der Waals surface area contributed by atoms with Crippen LogP contribution in [0.3, 0.4) is 0 Å². The Hall–Kier alpha value is -5.76. The minimum Gasteiger partial charge on any atom is -0.283 e. The average Bonchev–Trinajstić information content (AvgIpc) is 3.82. The number of thiazole rings is 1. The van der Waals surface area contributed by atoms with Gasteiger partial charge in [-0.15, -0.1) is 11.3 Å². The summed E-state index contributed by atoms with van der Waals surface area (Å²) in [5.41, 5.74) is 8.66. The molecule has 0 amide bonds. The van der Waals surface area contributed by atoms with Crippen LogP contribution in [-0.2, 0) is 0 Å². The zero-order valence-corrected chi connectivity index (χ0v) is 26.5. The molecule has 10 rings (SSSR count). The van der Waals surface area contributed by atoms with Gasteiger partial charge < -0.3 is 0 Å². The molecule has 4 heterocycles. The van der Waals surface area contributed by atoms with Gasteiger partial charge in [0.05, 0.1) is 25.9 Å². The lowest BCUT2D eigenvalue weighted by Crippen LogP contribution is -2.00. The van der Waals surface area contributed by atoms with Crippen molar-refractivity contribution < 1.29 is 0 Å². The van der Waals surface area contributed by atoms with Crippen molar-refractivity contribution in [3.05, 3.63) is 140 Å². The van der Waals surface area contributed by atoms with E-state index < -0.39 is 0 Å². The van der Waals surface area contributed by atoms with Gasteiger partial charge in [0, 0.05) is 32.2 Å². The third kappa shape index (κ3) is 4.21. The van der Waals surface area contributed by atoms with Crippen LogP contribution in [-0.4, -0.2) is 24.3 Å². The predicted octanol–water partition coefficient (Wildman–Crippen LogP) is 10.9. The van der Waals surface area contributed by atoms with Crippen molar-refractivity contribution in [2.24, 2.45) is 0 Å². The summed E-state index contributed by atoms with van der Waals surface area (Å²) in [5, 5.41) is 2.57. The molecule has 0 atom stereocenters. The van der Waals surface area contributed by atoms with Gasteiger partial charge in [0.1, 0.15) is 0 Å². The molecule has 5 nitrogen and oxygen atoms in total. The van der Waals surface area contributed by atoms with Gasteiger partial charge in [0.15, 0.2) is 22.4 Å². The third-order valence-electron chi connectivity index (χ3n) is 8.72. The Bertz CT molecular complexity index is 2720. The van der Waals surface area contributed by atoms with Gasteiger partial charge in [0.25, 0.3) is 0 Å². The molecule has 6 aromatic carbocycles. The fourth-order valence-corrected chi connectivity index (χ4v) is 9.07. The minimum atomic E-state index is 0.655. The number of imidazole rings is 1. The number of fused-ring (bicyclic) bond motifs is 9. The lowest BCUT2D eigenvalue weighted by atomic mass is 10.0. The maximum absolute atomic E-state index is 4.93. The molecule has 0 aliphatic carbocycles. The summed E-state index contributed by atoms with van der Waals surface area (Å²) >= 11 is 3.65. The highest BCUT2D eigenvalue weighted by molar-refractivity contribution is 7.32. The molecule has 7 heteroatoms. The molecule has 0 saturated carbocycles. The fraction of sp³-hybridized carbons (Fsp3) is 0. The lowest BCUT2D eigenvalue weighted by molar-refractivity contribution is 1.07. The van der Waals surface area contributed by atoms with Crippen LogP contribution in [0.15, 0.2) is 140 Å². The van der Waals surface area contributed by atoms with Crippen LogP contribution in [0, 0.1) is 0 Å². The Morgan fingerprint density at radius 3 is 1.68 bits per heavy atom. The molecule has 10 aromatic rings. The number of nitrogens with zero attached hydrogens (tertiary/aromatic N) is 5. The number of thiophene rings is 1. The van der Waals surface area contributed by atoms with Gasteiger partial charge in [-0.25, -0.2) is 19.9 Å². The molecule has 0 fully saturated rings. The van der Waals surface area contributed by atoms with E-state index in [0.29, 0.717) is 17.5 Å². The fourth-order valence-electron chi connectivity index (χ4n) is 6.46. The predicted molar refractivity (Wildman–Crippen MR) is 196 cm³/mol. The SMILES string of the molecule is c1ccc(-c2nc(-c3ccccc3)nc(-c3ccc(-c4cccc5c4sc4c5ccc5c4sc4nc6ccccc6n45)cc3)n2)cc1. The van der Waals surface area contributed by atoms with Gasteiger partial charge in [-0.05, 0) is 29.3 Å². The first-order valence-corrected chi connectivity index (χ1v) is 17.0. The second-order valence-electron chi connectivity index (χ2n) is 11.5. The van der Waals surface area contributed by atoms with Crippen molar-refractivity contribution >= 4 is 69.1 Å². The highest BCUT2D eigenvalue weighted by Crippen LogP contribution is 2.45. The van der Waals surface area contributed by atoms with Gasteiger partial charge in [-0.1, -0.05) is 133 Å². The van der Waals surface area contributed by atoms with Crippen LogP contribution < -0.4 is 0 Å². The molecular formula is C40H23N5S2. The molecule has 0 saturated heterocycles. The lowest BCUT2D eigenvalue weighted by Gasteiger charge is -2.09. The summed E-state index contributed by atoms with van der Waals surface area (Å²) in [6, 6.07) is 48.3. The zero-order valence-electron chi connectivity index (χ0n) is 24.8. The van der Waals surface area contributed by atoms with Crippen molar-refractivity contribution in [2.75, 3.05) is 0 Å². The van der Waals surface area contributed by atoms with Crippen LogP contribution in [0.1, 0.15) is 0 Å². The topological polar surface area (TPSA) is 56.0 Å². The van der Waals surface area contributed by atoms with Crippen molar-refractivity contribution in [1.82, 2.24) is 24.3 Å². The molecule has 47 heavy (non-hydrogen) atoms. The maximum atomic E-state index is 4.93. The molecule has 0 N–H and O–H groups in total. The van der Waals surface area contributed by atoms with E-state index in [-0.39, 0.29) is 0 Å². The summed E-state index contributed by atoms with van der Waals surface area (Å²) in [6.45, 7) is 0. The Labute approximate surface area is 277 Å². The van der Waals surface area contributed by atoms with Gasteiger partial charge in [0.2, 0.25) is 0 Å². The number of benzene rings is 6. The van der Waals surface area contributed by atoms with E-state index in [1.54, 1.807) is 11.3 Å². The first kappa shape index (κ1) is 26.5. The molecule has 0 radical (unpaired) electrons. The summed E-state index contributed by atoms with van der Waals surface area (Å²) in [7, 11) is 0. The molecule has 0 spiro atoms. The molecule has 0 aliphatic rings. The van der Waals surface area contributed by atoms with Crippen molar-refractivity contribution in [3.8, 4) is 45.3 Å². The number of hydrogen-bond donors (Lipinski definition) is 0. The van der Waals surface area contributed by atoms with E-state index in [9.17, 15) is 0 Å². The van der Waals surface area contributed by atoms with E-state index in [2.05, 4.69) is 77.2 Å². The van der Waals surface area contributed by atoms with E-state index >= 15 is 0 Å². The summed E-state index contributed by atoms with van der Waals surface area (Å²) in [6.07, 6.45) is 0. The quantitative estimate of drug-likeness (QED) is 0.193. The number of para-hydroxylation sites is 2. The summed E-state index contributed by atoms with van der Waals surface area (Å²) in [4.78, 5) is 20.6. The largest absolute Gasteiger partial charge is 0.283 e. The molecule has 0 aliphatic heterocycles. The molecule has 4 aromatic heterocycles. The van der Waals surface area contributed by atoms with Gasteiger partial charge in [-0.3, -0.25) is 4.40 Å². The maximum Gasteiger partial charge on any atom is 0.195 e. The van der Waals surface area contributed by atoms with Crippen molar-refractivity contribution in [3.63, 3.8) is 0 Å². The Balaban J connectivity index is 1.09. The summed E-state index contributed by atoms with van der Waals surface area (Å²) < 4.78 is 6.19. The van der Waals surface area contributed by atoms with Crippen LogP contribution >= 0.6 is 22.7 Å². The molecule has 0 bridgehead atoms.